The van der Waals surface area contributed by atoms with Crippen LogP contribution < -0.4 is 10.1 Å². The van der Waals surface area contributed by atoms with Crippen molar-refractivity contribution < 1.29 is 19.4 Å². The van der Waals surface area contributed by atoms with Crippen molar-refractivity contribution in [2.24, 2.45) is 0 Å². The molecule has 2 rings (SSSR count). The molecule has 0 aromatic heterocycles. The van der Waals surface area contributed by atoms with Gasteiger partial charge in [0.15, 0.2) is 0 Å². The molecule has 0 unspecified atom stereocenters. The first-order chi connectivity index (χ1) is 11.7. The minimum Gasteiger partial charge on any atom is -0.489 e. The molecule has 0 radical (unpaired) electrons. The van der Waals surface area contributed by atoms with Crippen molar-refractivity contribution in [3.8, 4) is 5.75 Å². The summed E-state index contributed by atoms with van der Waals surface area (Å²) in [5.41, 5.74) is 1.48. The molecular weight excluding hydrogens is 365 g/mol. The zero-order chi connectivity index (χ0) is 18.7. The number of aryl methyl sites for hydroxylation is 1. The molecule has 5 nitrogen and oxygen atoms in total. The largest absolute Gasteiger partial charge is 0.489 e. The van der Waals surface area contributed by atoms with Crippen LogP contribution in [0.3, 0.4) is 0 Å². The summed E-state index contributed by atoms with van der Waals surface area (Å²) in [6.45, 7) is 5.33. The molecule has 2 aromatic carbocycles. The SMILES string of the molecule is Cc1cc(NC(=O)c2cc(Cl)c(Cl)c(OC(C)C)c2)ccc1C(=O)O. The number of carboxylic acids is 1. The average Bonchev–Trinajstić information content (AvgIpc) is 2.50. The normalized spacial score (nSPS) is 10.6. The Bertz CT molecular complexity index is 834. The second-order valence-corrected chi connectivity index (χ2v) is 6.51. The predicted octanol–water partition coefficient (Wildman–Crippen LogP) is 5.04. The lowest BCUT2D eigenvalue weighted by molar-refractivity contribution is 0.0696. The van der Waals surface area contributed by atoms with Gasteiger partial charge in [-0.15, -0.1) is 0 Å². The van der Waals surface area contributed by atoms with E-state index in [2.05, 4.69) is 5.32 Å². The lowest BCUT2D eigenvalue weighted by Crippen LogP contribution is -2.14. The van der Waals surface area contributed by atoms with Gasteiger partial charge in [-0.1, -0.05) is 23.2 Å². The first-order valence-corrected chi connectivity index (χ1v) is 8.25. The van der Waals surface area contributed by atoms with Crippen molar-refractivity contribution in [3.05, 3.63) is 57.1 Å². The molecule has 2 N–H and O–H groups in total. The van der Waals surface area contributed by atoms with E-state index in [4.69, 9.17) is 33.0 Å². The molecule has 0 spiro atoms. The molecule has 2 aromatic rings. The molecule has 1 amide bonds. The zero-order valence-corrected chi connectivity index (χ0v) is 15.4. The van der Waals surface area contributed by atoms with Crippen LogP contribution in [0, 0.1) is 6.92 Å². The van der Waals surface area contributed by atoms with E-state index in [0.29, 0.717) is 17.0 Å². The highest BCUT2D eigenvalue weighted by atomic mass is 35.5. The van der Waals surface area contributed by atoms with Gasteiger partial charge in [0.2, 0.25) is 0 Å². The topological polar surface area (TPSA) is 75.6 Å². The van der Waals surface area contributed by atoms with Crippen LogP contribution in [0.2, 0.25) is 10.0 Å². The smallest absolute Gasteiger partial charge is 0.335 e. The number of halogens is 2. The molecule has 0 saturated carbocycles. The molecular formula is C18H17Cl2NO4. The van der Waals surface area contributed by atoms with Gasteiger partial charge >= 0.3 is 5.97 Å². The molecule has 25 heavy (non-hydrogen) atoms. The Morgan fingerprint density at radius 3 is 2.40 bits per heavy atom. The van der Waals surface area contributed by atoms with Crippen molar-refractivity contribution in [2.75, 3.05) is 5.32 Å². The van der Waals surface area contributed by atoms with Crippen LogP contribution in [0.4, 0.5) is 5.69 Å². The van der Waals surface area contributed by atoms with Gasteiger partial charge in [0.05, 0.1) is 16.7 Å². The average molecular weight is 382 g/mol. The number of hydrogen-bond donors (Lipinski definition) is 2. The predicted molar refractivity (Wildman–Crippen MR) is 98.3 cm³/mol. The van der Waals surface area contributed by atoms with E-state index < -0.39 is 11.9 Å². The van der Waals surface area contributed by atoms with Gasteiger partial charge in [0.25, 0.3) is 5.91 Å². The molecule has 0 fully saturated rings. The summed E-state index contributed by atoms with van der Waals surface area (Å²) >= 11 is 12.2. The maximum Gasteiger partial charge on any atom is 0.335 e. The van der Waals surface area contributed by atoms with Gasteiger partial charge in [0.1, 0.15) is 10.8 Å². The third-order valence-corrected chi connectivity index (χ3v) is 4.12. The number of rotatable bonds is 5. The summed E-state index contributed by atoms with van der Waals surface area (Å²) in [4.78, 5) is 23.5. The Morgan fingerprint density at radius 1 is 1.16 bits per heavy atom. The molecule has 0 aliphatic carbocycles. The minimum absolute atomic E-state index is 0.127. The lowest BCUT2D eigenvalue weighted by atomic mass is 10.1. The Kier molecular flexibility index (Phi) is 5.93. The van der Waals surface area contributed by atoms with Crippen LogP contribution in [0.5, 0.6) is 5.75 Å². The van der Waals surface area contributed by atoms with Gasteiger partial charge in [-0.25, -0.2) is 4.79 Å². The summed E-state index contributed by atoms with van der Waals surface area (Å²) in [7, 11) is 0. The maximum atomic E-state index is 12.5. The number of nitrogens with one attached hydrogen (secondary N) is 1. The second-order valence-electron chi connectivity index (χ2n) is 5.73. The first kappa shape index (κ1) is 19.1. The van der Waals surface area contributed by atoms with E-state index in [1.54, 1.807) is 13.0 Å². The zero-order valence-electron chi connectivity index (χ0n) is 13.9. The minimum atomic E-state index is -1.02. The van der Waals surface area contributed by atoms with E-state index in [1.165, 1.54) is 24.3 Å². The van der Waals surface area contributed by atoms with Gasteiger partial charge in [-0.2, -0.15) is 0 Å². The molecule has 0 aliphatic heterocycles. The number of aromatic carboxylic acids is 1. The molecule has 0 aliphatic rings. The standard InChI is InChI=1S/C18H17Cl2NO4/c1-9(2)25-15-8-11(7-14(19)16(15)20)17(22)21-12-4-5-13(18(23)24)10(3)6-12/h4-9H,1-3H3,(H,21,22)(H,23,24). The Morgan fingerprint density at radius 2 is 1.84 bits per heavy atom. The highest BCUT2D eigenvalue weighted by Crippen LogP contribution is 2.34. The second kappa shape index (κ2) is 7.76. The summed E-state index contributed by atoms with van der Waals surface area (Å²) in [5, 5.41) is 12.2. The van der Waals surface area contributed by atoms with Crippen LogP contribution in [-0.4, -0.2) is 23.1 Å². The van der Waals surface area contributed by atoms with E-state index in [9.17, 15) is 9.59 Å². The number of carbonyl (C=O) groups is 2. The van der Waals surface area contributed by atoms with E-state index in [1.807, 2.05) is 13.8 Å². The number of amides is 1. The molecule has 7 heteroatoms. The van der Waals surface area contributed by atoms with Crippen molar-refractivity contribution in [2.45, 2.75) is 26.9 Å². The molecule has 0 saturated heterocycles. The van der Waals surface area contributed by atoms with Crippen molar-refractivity contribution in [1.82, 2.24) is 0 Å². The number of carbonyl (C=O) groups excluding carboxylic acids is 1. The third kappa shape index (κ3) is 4.65. The number of carboxylic acid groups (broad SMARTS) is 1. The highest BCUT2D eigenvalue weighted by molar-refractivity contribution is 6.43. The summed E-state index contributed by atoms with van der Waals surface area (Å²) in [6.07, 6.45) is -0.127. The van der Waals surface area contributed by atoms with Gasteiger partial charge in [0, 0.05) is 11.3 Å². The van der Waals surface area contributed by atoms with Crippen molar-refractivity contribution >= 4 is 40.8 Å². The van der Waals surface area contributed by atoms with Crippen LogP contribution in [0.1, 0.15) is 40.1 Å². The lowest BCUT2D eigenvalue weighted by Gasteiger charge is -2.14. The molecule has 0 heterocycles. The maximum absolute atomic E-state index is 12.5. The fourth-order valence-corrected chi connectivity index (χ4v) is 2.58. The molecule has 0 bridgehead atoms. The van der Waals surface area contributed by atoms with E-state index in [0.717, 1.165) is 0 Å². The van der Waals surface area contributed by atoms with Gasteiger partial charge in [-0.05, 0) is 56.7 Å². The monoisotopic (exact) mass is 381 g/mol. The summed E-state index contributed by atoms with van der Waals surface area (Å²) in [5.74, 6) is -1.10. The Hall–Kier alpha value is -2.24. The van der Waals surface area contributed by atoms with E-state index >= 15 is 0 Å². The quantitative estimate of drug-likeness (QED) is 0.760. The van der Waals surface area contributed by atoms with Crippen LogP contribution in [-0.2, 0) is 0 Å². The number of anilines is 1. The van der Waals surface area contributed by atoms with Gasteiger partial charge < -0.3 is 15.2 Å². The number of hydrogen-bond acceptors (Lipinski definition) is 3. The van der Waals surface area contributed by atoms with Gasteiger partial charge in [-0.3, -0.25) is 4.79 Å². The number of benzene rings is 2. The molecule has 132 valence electrons. The van der Waals surface area contributed by atoms with Crippen LogP contribution in [0.25, 0.3) is 0 Å². The molecule has 0 atom stereocenters. The van der Waals surface area contributed by atoms with Crippen LogP contribution in [0.15, 0.2) is 30.3 Å². The Balaban J connectivity index is 2.28. The van der Waals surface area contributed by atoms with Crippen molar-refractivity contribution in [1.29, 1.82) is 0 Å². The summed E-state index contributed by atoms with van der Waals surface area (Å²) in [6, 6.07) is 7.52. The van der Waals surface area contributed by atoms with E-state index in [-0.39, 0.29) is 27.3 Å². The number of ether oxygens (including phenoxy) is 1. The Labute approximate surface area is 155 Å². The van der Waals surface area contributed by atoms with Crippen LogP contribution >= 0.6 is 23.2 Å². The third-order valence-electron chi connectivity index (χ3n) is 3.33. The first-order valence-electron chi connectivity index (χ1n) is 7.50. The summed E-state index contributed by atoms with van der Waals surface area (Å²) < 4.78 is 5.57. The van der Waals surface area contributed by atoms with Crippen molar-refractivity contribution in [3.63, 3.8) is 0 Å². The highest BCUT2D eigenvalue weighted by Gasteiger charge is 2.16. The fourth-order valence-electron chi connectivity index (χ4n) is 2.22. The fraction of sp³-hybridized carbons (Fsp3) is 0.222.